The Morgan fingerprint density at radius 3 is 2.83 bits per heavy atom. The molecule has 0 saturated carbocycles. The lowest BCUT2D eigenvalue weighted by atomic mass is 9.93. The molecule has 3 nitrogen and oxygen atoms in total. The first kappa shape index (κ1) is 15.1. The molecule has 1 aliphatic carbocycles. The average Bonchev–Trinajstić information content (AvgIpc) is 2.62. The zero-order chi connectivity index (χ0) is 16.5. The summed E-state index contributed by atoms with van der Waals surface area (Å²) in [4.78, 5) is 3.82. The van der Waals surface area contributed by atoms with Crippen LogP contribution < -0.4 is 0 Å². The molecule has 0 saturated heterocycles. The van der Waals surface area contributed by atoms with Crippen LogP contribution in [0, 0.1) is 5.82 Å². The highest BCUT2D eigenvalue weighted by atomic mass is 79.9. The molecular formula is C19H13BrFN3. The van der Waals surface area contributed by atoms with Gasteiger partial charge in [0.15, 0.2) is 0 Å². The molecule has 2 heterocycles. The number of pyridine rings is 1. The van der Waals surface area contributed by atoms with E-state index in [2.05, 4.69) is 55.4 Å². The van der Waals surface area contributed by atoms with E-state index in [1.807, 2.05) is 6.07 Å². The Morgan fingerprint density at radius 1 is 1.04 bits per heavy atom. The summed E-state index contributed by atoms with van der Waals surface area (Å²) in [7, 11) is 0. The molecule has 24 heavy (non-hydrogen) atoms. The summed E-state index contributed by atoms with van der Waals surface area (Å²) in [6, 6.07) is 9.66. The van der Waals surface area contributed by atoms with Crippen molar-refractivity contribution in [1.29, 1.82) is 0 Å². The van der Waals surface area contributed by atoms with Gasteiger partial charge in [0, 0.05) is 22.9 Å². The van der Waals surface area contributed by atoms with Crippen LogP contribution >= 0.6 is 15.9 Å². The van der Waals surface area contributed by atoms with Gasteiger partial charge in [-0.15, -0.1) is 10.2 Å². The Labute approximate surface area is 147 Å². The van der Waals surface area contributed by atoms with Gasteiger partial charge in [0.1, 0.15) is 16.1 Å². The second-order valence-corrected chi connectivity index (χ2v) is 6.45. The topological polar surface area (TPSA) is 38.7 Å². The number of hydrogen-bond acceptors (Lipinski definition) is 3. The zero-order valence-corrected chi connectivity index (χ0v) is 14.3. The molecule has 0 N–H and O–H groups in total. The van der Waals surface area contributed by atoms with E-state index in [-0.39, 0.29) is 5.82 Å². The van der Waals surface area contributed by atoms with Crippen molar-refractivity contribution in [3.8, 4) is 22.4 Å². The normalized spacial score (nSPS) is 12.9. The largest absolute Gasteiger partial charge is 0.262 e. The minimum Gasteiger partial charge on any atom is -0.262 e. The van der Waals surface area contributed by atoms with Crippen LogP contribution in [0.4, 0.5) is 4.39 Å². The Kier molecular flexibility index (Phi) is 3.94. The molecule has 2 aromatic heterocycles. The van der Waals surface area contributed by atoms with Crippen LogP contribution in [-0.4, -0.2) is 15.2 Å². The van der Waals surface area contributed by atoms with E-state index in [4.69, 9.17) is 0 Å². The summed E-state index contributed by atoms with van der Waals surface area (Å²) in [5.41, 5.74) is 5.28. The van der Waals surface area contributed by atoms with Crippen LogP contribution in [0.1, 0.15) is 17.5 Å². The summed E-state index contributed by atoms with van der Waals surface area (Å²) in [6.07, 6.45) is 9.15. The fourth-order valence-corrected chi connectivity index (χ4v) is 3.27. The highest BCUT2D eigenvalue weighted by molar-refractivity contribution is 9.10. The molecule has 0 atom stereocenters. The van der Waals surface area contributed by atoms with Crippen LogP contribution in [-0.2, 0) is 6.42 Å². The van der Waals surface area contributed by atoms with Gasteiger partial charge < -0.3 is 0 Å². The van der Waals surface area contributed by atoms with E-state index >= 15 is 0 Å². The number of allylic oxidation sites excluding steroid dienone is 1. The molecule has 0 bridgehead atoms. The van der Waals surface area contributed by atoms with Gasteiger partial charge >= 0.3 is 0 Å². The SMILES string of the molecule is Fc1cnccc1-c1cc(Br)nnc1-c1ccc2c(c1)CCC=C2. The predicted molar refractivity (Wildman–Crippen MR) is 95.7 cm³/mol. The molecular weight excluding hydrogens is 369 g/mol. The van der Waals surface area contributed by atoms with Crippen LogP contribution in [0.25, 0.3) is 28.5 Å². The average molecular weight is 382 g/mol. The maximum atomic E-state index is 14.2. The smallest absolute Gasteiger partial charge is 0.149 e. The second-order valence-electron chi connectivity index (χ2n) is 5.64. The standard InChI is InChI=1S/C19H13BrFN3/c20-18-10-16(15-7-8-22-11-17(15)21)19(24-23-18)14-6-5-12-3-1-2-4-13(12)9-14/h1,3,5-11H,2,4H2. The number of nitrogens with zero attached hydrogens (tertiary/aromatic N) is 3. The third-order valence-corrected chi connectivity index (χ3v) is 4.51. The molecule has 1 aromatic carbocycles. The highest BCUT2D eigenvalue weighted by Crippen LogP contribution is 2.34. The molecule has 118 valence electrons. The van der Waals surface area contributed by atoms with Crippen molar-refractivity contribution in [3.63, 3.8) is 0 Å². The van der Waals surface area contributed by atoms with Crippen LogP contribution in [0.3, 0.4) is 0 Å². The Balaban J connectivity index is 1.90. The number of hydrogen-bond donors (Lipinski definition) is 0. The van der Waals surface area contributed by atoms with Crippen molar-refractivity contribution in [2.75, 3.05) is 0 Å². The Hall–Kier alpha value is -2.40. The minimum atomic E-state index is -0.375. The van der Waals surface area contributed by atoms with Gasteiger partial charge in [-0.2, -0.15) is 0 Å². The first-order valence-corrected chi connectivity index (χ1v) is 8.44. The monoisotopic (exact) mass is 381 g/mol. The lowest BCUT2D eigenvalue weighted by molar-refractivity contribution is 0.625. The first-order chi connectivity index (χ1) is 11.7. The molecule has 0 fully saturated rings. The molecule has 0 amide bonds. The van der Waals surface area contributed by atoms with Crippen LogP contribution in [0.5, 0.6) is 0 Å². The quantitative estimate of drug-likeness (QED) is 0.622. The van der Waals surface area contributed by atoms with Gasteiger partial charge in [-0.05, 0) is 58.1 Å². The summed E-state index contributed by atoms with van der Waals surface area (Å²) >= 11 is 3.33. The Bertz CT molecular complexity index is 953. The van der Waals surface area contributed by atoms with Gasteiger partial charge in [0.25, 0.3) is 0 Å². The van der Waals surface area contributed by atoms with Gasteiger partial charge in [0.2, 0.25) is 0 Å². The molecule has 0 unspecified atom stereocenters. The van der Waals surface area contributed by atoms with Crippen molar-refractivity contribution in [2.45, 2.75) is 12.8 Å². The number of halogens is 2. The van der Waals surface area contributed by atoms with E-state index < -0.39 is 0 Å². The van der Waals surface area contributed by atoms with Crippen molar-refractivity contribution in [3.05, 3.63) is 70.3 Å². The Morgan fingerprint density at radius 2 is 1.96 bits per heavy atom. The fraction of sp³-hybridized carbons (Fsp3) is 0.105. The third kappa shape index (κ3) is 2.76. The molecule has 0 radical (unpaired) electrons. The van der Waals surface area contributed by atoms with Gasteiger partial charge in [0.05, 0.1) is 6.20 Å². The zero-order valence-electron chi connectivity index (χ0n) is 12.7. The summed E-state index contributed by atoms with van der Waals surface area (Å²) in [5.74, 6) is -0.375. The molecule has 5 heteroatoms. The second kappa shape index (κ2) is 6.24. The van der Waals surface area contributed by atoms with E-state index in [9.17, 15) is 4.39 Å². The van der Waals surface area contributed by atoms with Crippen LogP contribution in [0.2, 0.25) is 0 Å². The van der Waals surface area contributed by atoms with Crippen molar-refractivity contribution < 1.29 is 4.39 Å². The summed E-state index contributed by atoms with van der Waals surface area (Å²) in [6.45, 7) is 0. The molecule has 0 spiro atoms. The van der Waals surface area contributed by atoms with E-state index in [1.54, 1.807) is 18.3 Å². The van der Waals surface area contributed by atoms with E-state index in [1.165, 1.54) is 17.3 Å². The summed E-state index contributed by atoms with van der Waals surface area (Å²) in [5, 5.41) is 8.41. The van der Waals surface area contributed by atoms with Crippen LogP contribution in [0.15, 0.2) is 53.4 Å². The molecule has 3 aromatic rings. The highest BCUT2D eigenvalue weighted by Gasteiger charge is 2.16. The maximum absolute atomic E-state index is 14.2. The molecule has 0 aliphatic heterocycles. The van der Waals surface area contributed by atoms with Gasteiger partial charge in [-0.25, -0.2) is 4.39 Å². The maximum Gasteiger partial charge on any atom is 0.149 e. The number of fused-ring (bicyclic) bond motifs is 1. The van der Waals surface area contributed by atoms with Crippen molar-refractivity contribution in [1.82, 2.24) is 15.2 Å². The lowest BCUT2D eigenvalue weighted by Crippen LogP contribution is -1.98. The summed E-state index contributed by atoms with van der Waals surface area (Å²) < 4.78 is 14.8. The lowest BCUT2D eigenvalue weighted by Gasteiger charge is -2.14. The third-order valence-electron chi connectivity index (χ3n) is 4.12. The van der Waals surface area contributed by atoms with Gasteiger partial charge in [-0.1, -0.05) is 24.3 Å². The van der Waals surface area contributed by atoms with Crippen molar-refractivity contribution in [2.24, 2.45) is 0 Å². The number of benzene rings is 1. The minimum absolute atomic E-state index is 0.375. The fourth-order valence-electron chi connectivity index (χ4n) is 2.96. The van der Waals surface area contributed by atoms with E-state index in [0.29, 0.717) is 21.4 Å². The molecule has 1 aliphatic rings. The molecule has 4 rings (SSSR count). The van der Waals surface area contributed by atoms with E-state index in [0.717, 1.165) is 18.4 Å². The number of aryl methyl sites for hydroxylation is 1. The number of aromatic nitrogens is 3. The predicted octanol–water partition coefficient (Wildman–Crippen LogP) is 5.07. The van der Waals surface area contributed by atoms with Gasteiger partial charge in [-0.3, -0.25) is 4.98 Å². The first-order valence-electron chi connectivity index (χ1n) is 7.65. The van der Waals surface area contributed by atoms with Crippen molar-refractivity contribution >= 4 is 22.0 Å². The number of rotatable bonds is 2.